The molecule has 0 bridgehead atoms. The minimum Gasteiger partial charge on any atom is -0.481 e. The van der Waals surface area contributed by atoms with E-state index in [9.17, 15) is 9.59 Å². The fourth-order valence-corrected chi connectivity index (χ4v) is 2.47. The summed E-state index contributed by atoms with van der Waals surface area (Å²) >= 11 is 0. The van der Waals surface area contributed by atoms with E-state index in [1.165, 1.54) is 0 Å². The first-order valence-electron chi connectivity index (χ1n) is 6.59. The van der Waals surface area contributed by atoms with Gasteiger partial charge in [-0.05, 0) is 37.0 Å². The maximum Gasteiger partial charge on any atom is 0.306 e. The lowest BCUT2D eigenvalue weighted by atomic mass is 10.1. The second-order valence-electron chi connectivity index (χ2n) is 5.05. The van der Waals surface area contributed by atoms with Crippen molar-refractivity contribution in [2.24, 2.45) is 5.92 Å². The summed E-state index contributed by atoms with van der Waals surface area (Å²) in [5.74, 6) is -1.33. The van der Waals surface area contributed by atoms with Gasteiger partial charge in [-0.25, -0.2) is 0 Å². The van der Waals surface area contributed by atoms with Crippen LogP contribution in [0.25, 0.3) is 0 Å². The van der Waals surface area contributed by atoms with Gasteiger partial charge in [0.2, 0.25) is 0 Å². The molecule has 2 rings (SSSR count). The Morgan fingerprint density at radius 1 is 1.30 bits per heavy atom. The van der Waals surface area contributed by atoms with Crippen molar-refractivity contribution in [2.45, 2.75) is 31.7 Å². The third-order valence-corrected chi connectivity index (χ3v) is 3.62. The number of nitrogens with one attached hydrogen (secondary N) is 1. The summed E-state index contributed by atoms with van der Waals surface area (Å²) in [6.07, 6.45) is 2.13. The smallest absolute Gasteiger partial charge is 0.306 e. The predicted molar refractivity (Wildman–Crippen MR) is 72.0 cm³/mol. The molecule has 1 aromatic rings. The number of nitriles is 1. The van der Waals surface area contributed by atoms with Gasteiger partial charge in [-0.15, -0.1) is 0 Å². The van der Waals surface area contributed by atoms with Crippen LogP contribution < -0.4 is 5.32 Å². The minimum atomic E-state index is -0.789. The number of aliphatic carboxylic acids is 1. The fraction of sp³-hybridized carbons (Fsp3) is 0.400. The van der Waals surface area contributed by atoms with Crippen molar-refractivity contribution in [2.75, 3.05) is 0 Å². The average molecular weight is 272 g/mol. The maximum absolute atomic E-state index is 12.0. The van der Waals surface area contributed by atoms with Crippen molar-refractivity contribution in [3.8, 4) is 6.07 Å². The Balaban J connectivity index is 1.92. The highest BCUT2D eigenvalue weighted by molar-refractivity contribution is 5.94. The topological polar surface area (TPSA) is 90.2 Å². The van der Waals surface area contributed by atoms with Gasteiger partial charge in [-0.1, -0.05) is 12.1 Å². The van der Waals surface area contributed by atoms with E-state index in [4.69, 9.17) is 10.4 Å². The highest BCUT2D eigenvalue weighted by Crippen LogP contribution is 2.25. The number of carbonyl (C=O) groups excluding carboxylic acids is 1. The lowest BCUT2D eigenvalue weighted by molar-refractivity contribution is -0.141. The molecular formula is C15H16N2O3. The molecule has 1 saturated carbocycles. The van der Waals surface area contributed by atoms with Crippen LogP contribution in [-0.2, 0) is 11.2 Å². The van der Waals surface area contributed by atoms with Gasteiger partial charge in [0, 0.05) is 11.6 Å². The van der Waals surface area contributed by atoms with Crippen molar-refractivity contribution >= 4 is 11.9 Å². The molecule has 0 radical (unpaired) electrons. The van der Waals surface area contributed by atoms with Crippen LogP contribution in [0.3, 0.4) is 0 Å². The van der Waals surface area contributed by atoms with Crippen LogP contribution >= 0.6 is 0 Å². The Morgan fingerprint density at radius 2 is 2.00 bits per heavy atom. The van der Waals surface area contributed by atoms with E-state index >= 15 is 0 Å². The largest absolute Gasteiger partial charge is 0.481 e. The van der Waals surface area contributed by atoms with E-state index < -0.39 is 5.97 Å². The van der Waals surface area contributed by atoms with Crippen LogP contribution in [0.4, 0.5) is 0 Å². The van der Waals surface area contributed by atoms with E-state index in [-0.39, 0.29) is 17.9 Å². The third-order valence-electron chi connectivity index (χ3n) is 3.62. The Bertz CT molecular complexity index is 545. The Morgan fingerprint density at radius 3 is 2.55 bits per heavy atom. The molecule has 0 aromatic heterocycles. The third kappa shape index (κ3) is 3.35. The SMILES string of the molecule is N#CCc1ccc(C(=O)N[C@H]2CC[C@@H](C(=O)O)C2)cc1. The summed E-state index contributed by atoms with van der Waals surface area (Å²) in [6.45, 7) is 0. The quantitative estimate of drug-likeness (QED) is 0.873. The number of nitrogens with zero attached hydrogens (tertiary/aromatic N) is 1. The molecule has 1 aliphatic carbocycles. The lowest BCUT2D eigenvalue weighted by Gasteiger charge is -2.12. The number of rotatable bonds is 4. The number of hydrogen-bond donors (Lipinski definition) is 2. The van der Waals surface area contributed by atoms with Crippen LogP contribution in [-0.4, -0.2) is 23.0 Å². The zero-order chi connectivity index (χ0) is 14.5. The van der Waals surface area contributed by atoms with Crippen molar-refractivity contribution in [1.29, 1.82) is 5.26 Å². The summed E-state index contributed by atoms with van der Waals surface area (Å²) in [5.41, 5.74) is 1.40. The van der Waals surface area contributed by atoms with Crippen molar-refractivity contribution in [3.63, 3.8) is 0 Å². The lowest BCUT2D eigenvalue weighted by Crippen LogP contribution is -2.33. The van der Waals surface area contributed by atoms with E-state index in [0.29, 0.717) is 31.2 Å². The van der Waals surface area contributed by atoms with Gasteiger partial charge in [0.15, 0.2) is 0 Å². The van der Waals surface area contributed by atoms with Crippen LogP contribution in [0.1, 0.15) is 35.2 Å². The second kappa shape index (κ2) is 6.20. The van der Waals surface area contributed by atoms with Crippen LogP contribution in [0, 0.1) is 17.2 Å². The molecular weight excluding hydrogens is 256 g/mol. The zero-order valence-corrected chi connectivity index (χ0v) is 11.0. The minimum absolute atomic E-state index is 0.0672. The summed E-state index contributed by atoms with van der Waals surface area (Å²) in [5, 5.41) is 20.4. The number of amides is 1. The number of carboxylic acid groups (broad SMARTS) is 1. The molecule has 0 aliphatic heterocycles. The molecule has 0 heterocycles. The highest BCUT2D eigenvalue weighted by Gasteiger charge is 2.30. The summed E-state index contributed by atoms with van der Waals surface area (Å²) < 4.78 is 0. The van der Waals surface area contributed by atoms with Gasteiger partial charge in [-0.3, -0.25) is 9.59 Å². The Kier molecular flexibility index (Phi) is 4.36. The second-order valence-corrected chi connectivity index (χ2v) is 5.05. The standard InChI is InChI=1S/C15H16N2O3/c16-8-7-10-1-3-11(4-2-10)14(18)17-13-6-5-12(9-13)15(19)20/h1-4,12-13H,5-7,9H2,(H,17,18)(H,19,20)/t12-,13+/m1/s1. The molecule has 1 fully saturated rings. The van der Waals surface area contributed by atoms with E-state index in [1.807, 2.05) is 0 Å². The van der Waals surface area contributed by atoms with Crippen molar-refractivity contribution in [1.82, 2.24) is 5.32 Å². The van der Waals surface area contributed by atoms with Gasteiger partial charge in [-0.2, -0.15) is 5.26 Å². The molecule has 5 heteroatoms. The van der Waals surface area contributed by atoms with Crippen LogP contribution in [0.15, 0.2) is 24.3 Å². The van der Waals surface area contributed by atoms with Crippen LogP contribution in [0.5, 0.6) is 0 Å². The molecule has 5 nitrogen and oxygen atoms in total. The predicted octanol–water partition coefficient (Wildman–Crippen LogP) is 1.74. The molecule has 0 unspecified atom stereocenters. The molecule has 20 heavy (non-hydrogen) atoms. The Hall–Kier alpha value is -2.35. The summed E-state index contributed by atoms with van der Waals surface area (Å²) in [6, 6.07) is 8.87. The molecule has 0 saturated heterocycles. The van der Waals surface area contributed by atoms with Gasteiger partial charge < -0.3 is 10.4 Å². The molecule has 104 valence electrons. The van der Waals surface area contributed by atoms with Gasteiger partial charge in [0.25, 0.3) is 5.91 Å². The first kappa shape index (κ1) is 14.1. The number of carbonyl (C=O) groups is 2. The molecule has 1 amide bonds. The Labute approximate surface area is 117 Å². The summed E-state index contributed by atoms with van der Waals surface area (Å²) in [7, 11) is 0. The number of carboxylic acids is 1. The van der Waals surface area contributed by atoms with Gasteiger partial charge in [0.1, 0.15) is 0 Å². The van der Waals surface area contributed by atoms with E-state index in [1.54, 1.807) is 24.3 Å². The highest BCUT2D eigenvalue weighted by atomic mass is 16.4. The number of benzene rings is 1. The van der Waals surface area contributed by atoms with E-state index in [2.05, 4.69) is 11.4 Å². The van der Waals surface area contributed by atoms with Crippen molar-refractivity contribution in [3.05, 3.63) is 35.4 Å². The molecule has 2 atom stereocenters. The molecule has 2 N–H and O–H groups in total. The van der Waals surface area contributed by atoms with E-state index in [0.717, 1.165) is 5.56 Å². The summed E-state index contributed by atoms with van der Waals surface area (Å²) in [4.78, 5) is 22.9. The molecule has 1 aromatic carbocycles. The van der Waals surface area contributed by atoms with Crippen LogP contribution in [0.2, 0.25) is 0 Å². The zero-order valence-electron chi connectivity index (χ0n) is 11.0. The fourth-order valence-electron chi connectivity index (χ4n) is 2.47. The molecule has 1 aliphatic rings. The van der Waals surface area contributed by atoms with Crippen molar-refractivity contribution < 1.29 is 14.7 Å². The number of hydrogen-bond acceptors (Lipinski definition) is 3. The average Bonchev–Trinajstić information content (AvgIpc) is 2.88. The van der Waals surface area contributed by atoms with Gasteiger partial charge >= 0.3 is 5.97 Å². The normalized spacial score (nSPS) is 21.1. The monoisotopic (exact) mass is 272 g/mol. The maximum atomic E-state index is 12.0. The first-order valence-corrected chi connectivity index (χ1v) is 6.59. The first-order chi connectivity index (χ1) is 9.60. The molecule has 0 spiro atoms. The van der Waals surface area contributed by atoms with Gasteiger partial charge in [0.05, 0.1) is 18.4 Å².